The van der Waals surface area contributed by atoms with Gasteiger partial charge in [0.15, 0.2) is 0 Å². The van der Waals surface area contributed by atoms with Crippen molar-refractivity contribution in [1.82, 2.24) is 4.90 Å². The lowest BCUT2D eigenvalue weighted by Crippen LogP contribution is -2.39. The van der Waals surface area contributed by atoms with Gasteiger partial charge in [-0.15, -0.1) is 0 Å². The summed E-state index contributed by atoms with van der Waals surface area (Å²) in [6.45, 7) is 3.96. The Hall–Kier alpha value is -1.67. The first-order valence-electron chi connectivity index (χ1n) is 7.76. The van der Waals surface area contributed by atoms with E-state index in [-0.39, 0.29) is 11.3 Å². The summed E-state index contributed by atoms with van der Waals surface area (Å²) in [6, 6.07) is 3.87. The van der Waals surface area contributed by atoms with Gasteiger partial charge in [-0.05, 0) is 25.1 Å². The molecule has 0 aliphatic carbocycles. The topological polar surface area (TPSA) is 66.9 Å². The fourth-order valence-corrected chi connectivity index (χ4v) is 3.75. The second-order valence-corrected chi connectivity index (χ2v) is 8.31. The first-order chi connectivity index (χ1) is 11.2. The molecule has 1 aliphatic rings. The quantitative estimate of drug-likeness (QED) is 0.790. The van der Waals surface area contributed by atoms with Gasteiger partial charge >= 0.3 is 0 Å². The Bertz CT molecular complexity index is 702. The number of anilines is 1. The van der Waals surface area contributed by atoms with Crippen LogP contribution in [0.25, 0.3) is 0 Å². The van der Waals surface area contributed by atoms with Crippen molar-refractivity contribution < 1.29 is 22.3 Å². The van der Waals surface area contributed by atoms with Crippen molar-refractivity contribution in [3.8, 4) is 0 Å². The second kappa shape index (κ2) is 7.48. The van der Waals surface area contributed by atoms with Gasteiger partial charge in [0, 0.05) is 38.0 Å². The summed E-state index contributed by atoms with van der Waals surface area (Å²) in [4.78, 5) is 15.6. The lowest BCUT2D eigenvalue weighted by Gasteiger charge is -2.29. The van der Waals surface area contributed by atoms with E-state index in [2.05, 4.69) is 0 Å². The zero-order chi connectivity index (χ0) is 17.9. The molecule has 1 unspecified atom stereocenters. The fraction of sp³-hybridized carbons (Fsp3) is 0.562. The SMILES string of the molecule is CC(CS(C)(=O)=O)N(C)C(=O)c1ccc(N2CCOCC2)c(F)c1. The summed E-state index contributed by atoms with van der Waals surface area (Å²) in [5.74, 6) is -1.01. The van der Waals surface area contributed by atoms with Crippen LogP contribution in [0.2, 0.25) is 0 Å². The first-order valence-corrected chi connectivity index (χ1v) is 9.82. The molecule has 0 saturated carbocycles. The number of benzene rings is 1. The van der Waals surface area contributed by atoms with Gasteiger partial charge in [0.25, 0.3) is 5.91 Å². The van der Waals surface area contributed by atoms with Gasteiger partial charge in [0.05, 0.1) is 24.7 Å². The number of ether oxygens (including phenoxy) is 1. The van der Waals surface area contributed by atoms with E-state index < -0.39 is 27.6 Å². The highest BCUT2D eigenvalue weighted by molar-refractivity contribution is 7.90. The van der Waals surface area contributed by atoms with E-state index in [1.54, 1.807) is 19.1 Å². The number of nitrogens with zero attached hydrogens (tertiary/aromatic N) is 2. The Kier molecular flexibility index (Phi) is 5.82. The van der Waals surface area contributed by atoms with E-state index in [1.807, 2.05) is 4.90 Å². The Balaban J connectivity index is 2.13. The van der Waals surface area contributed by atoms with Crippen molar-refractivity contribution in [2.45, 2.75) is 13.0 Å². The Morgan fingerprint density at radius 3 is 2.54 bits per heavy atom. The third-order valence-corrected chi connectivity index (χ3v) is 5.16. The molecule has 1 aliphatic heterocycles. The normalized spacial score (nSPS) is 16.8. The van der Waals surface area contributed by atoms with E-state index in [9.17, 15) is 17.6 Å². The number of rotatable bonds is 5. The van der Waals surface area contributed by atoms with Gasteiger partial charge in [-0.1, -0.05) is 0 Å². The standard InChI is InChI=1S/C16H23FN2O4S/c1-12(11-24(3,21)22)18(2)16(20)13-4-5-15(14(17)10-13)19-6-8-23-9-7-19/h4-5,10,12H,6-9,11H2,1-3H3. The van der Waals surface area contributed by atoms with Crippen LogP contribution in [0.15, 0.2) is 18.2 Å². The van der Waals surface area contributed by atoms with Gasteiger partial charge in [-0.2, -0.15) is 0 Å². The van der Waals surface area contributed by atoms with Crippen LogP contribution in [-0.2, 0) is 14.6 Å². The molecule has 1 atom stereocenters. The minimum atomic E-state index is -3.20. The number of carbonyl (C=O) groups excluding carboxylic acids is 1. The van der Waals surface area contributed by atoms with Crippen molar-refractivity contribution in [3.05, 3.63) is 29.6 Å². The highest BCUT2D eigenvalue weighted by Crippen LogP contribution is 2.22. The molecule has 0 N–H and O–H groups in total. The smallest absolute Gasteiger partial charge is 0.253 e. The van der Waals surface area contributed by atoms with Crippen LogP contribution in [0, 0.1) is 5.82 Å². The van der Waals surface area contributed by atoms with Gasteiger partial charge in [0.1, 0.15) is 15.7 Å². The van der Waals surface area contributed by atoms with Crippen LogP contribution in [-0.4, -0.2) is 70.6 Å². The first kappa shape index (κ1) is 18.7. The van der Waals surface area contributed by atoms with Gasteiger partial charge in [0.2, 0.25) is 0 Å². The molecule has 1 amide bonds. The average molecular weight is 358 g/mol. The summed E-state index contributed by atoms with van der Waals surface area (Å²) in [6.07, 6.45) is 1.12. The highest BCUT2D eigenvalue weighted by atomic mass is 32.2. The lowest BCUT2D eigenvalue weighted by molar-refractivity contribution is 0.0756. The van der Waals surface area contributed by atoms with Crippen molar-refractivity contribution >= 4 is 21.4 Å². The van der Waals surface area contributed by atoms with Crippen molar-refractivity contribution in [2.24, 2.45) is 0 Å². The van der Waals surface area contributed by atoms with Crippen molar-refractivity contribution in [3.63, 3.8) is 0 Å². The minimum absolute atomic E-state index is 0.135. The van der Waals surface area contributed by atoms with Crippen LogP contribution >= 0.6 is 0 Å². The molecule has 134 valence electrons. The fourth-order valence-electron chi connectivity index (χ4n) is 2.65. The number of morpholine rings is 1. The Morgan fingerprint density at radius 2 is 2.00 bits per heavy atom. The molecule has 0 spiro atoms. The molecule has 1 saturated heterocycles. The van der Waals surface area contributed by atoms with Gasteiger partial charge in [-0.25, -0.2) is 12.8 Å². The summed E-state index contributed by atoms with van der Waals surface area (Å²) >= 11 is 0. The number of amides is 1. The van der Waals surface area contributed by atoms with E-state index in [0.29, 0.717) is 32.0 Å². The zero-order valence-electron chi connectivity index (χ0n) is 14.2. The molecule has 24 heavy (non-hydrogen) atoms. The zero-order valence-corrected chi connectivity index (χ0v) is 15.0. The van der Waals surface area contributed by atoms with Crippen molar-refractivity contribution in [1.29, 1.82) is 0 Å². The summed E-state index contributed by atoms with van der Waals surface area (Å²) in [7, 11) is -1.68. The molecule has 1 fully saturated rings. The summed E-state index contributed by atoms with van der Waals surface area (Å²) < 4.78 is 42.4. The molecular weight excluding hydrogens is 335 g/mol. The molecular formula is C16H23FN2O4S. The molecule has 6 nitrogen and oxygen atoms in total. The van der Waals surface area contributed by atoms with Gasteiger partial charge < -0.3 is 14.5 Å². The number of hydrogen-bond donors (Lipinski definition) is 0. The number of carbonyl (C=O) groups is 1. The summed E-state index contributed by atoms with van der Waals surface area (Å²) in [5, 5.41) is 0. The molecule has 0 bridgehead atoms. The molecule has 1 heterocycles. The molecule has 1 aromatic carbocycles. The van der Waals surface area contributed by atoms with E-state index >= 15 is 0 Å². The molecule has 0 aromatic heterocycles. The molecule has 2 rings (SSSR count). The second-order valence-electron chi connectivity index (χ2n) is 6.12. The minimum Gasteiger partial charge on any atom is -0.378 e. The predicted octanol–water partition coefficient (Wildman–Crippen LogP) is 1.17. The number of halogens is 1. The average Bonchev–Trinajstić information content (AvgIpc) is 2.52. The maximum Gasteiger partial charge on any atom is 0.253 e. The van der Waals surface area contributed by atoms with Crippen LogP contribution < -0.4 is 4.90 Å². The highest BCUT2D eigenvalue weighted by Gasteiger charge is 2.23. The van der Waals surface area contributed by atoms with Crippen LogP contribution in [0.1, 0.15) is 17.3 Å². The molecule has 0 radical (unpaired) electrons. The van der Waals surface area contributed by atoms with Gasteiger partial charge in [-0.3, -0.25) is 4.79 Å². The Labute approximate surface area is 142 Å². The predicted molar refractivity (Wildman–Crippen MR) is 90.7 cm³/mol. The maximum atomic E-state index is 14.4. The third kappa shape index (κ3) is 4.67. The van der Waals surface area contributed by atoms with Crippen LogP contribution in [0.3, 0.4) is 0 Å². The van der Waals surface area contributed by atoms with Crippen molar-refractivity contribution in [2.75, 3.05) is 50.3 Å². The van der Waals surface area contributed by atoms with E-state index in [0.717, 1.165) is 6.26 Å². The van der Waals surface area contributed by atoms with Crippen LogP contribution in [0.4, 0.5) is 10.1 Å². The monoisotopic (exact) mass is 358 g/mol. The third-order valence-electron chi connectivity index (χ3n) is 4.07. The van der Waals surface area contributed by atoms with Crippen LogP contribution in [0.5, 0.6) is 0 Å². The largest absolute Gasteiger partial charge is 0.378 e. The molecule has 8 heteroatoms. The number of sulfone groups is 1. The lowest BCUT2D eigenvalue weighted by atomic mass is 10.1. The van der Waals surface area contributed by atoms with E-state index in [4.69, 9.17) is 4.74 Å². The number of hydrogen-bond acceptors (Lipinski definition) is 5. The summed E-state index contributed by atoms with van der Waals surface area (Å²) in [5.41, 5.74) is 0.647. The maximum absolute atomic E-state index is 14.4. The van der Waals surface area contributed by atoms with E-state index in [1.165, 1.54) is 18.0 Å². The molecule has 1 aromatic rings. The Morgan fingerprint density at radius 1 is 1.38 bits per heavy atom.